The Bertz CT molecular complexity index is 1570. The van der Waals surface area contributed by atoms with Crippen molar-refractivity contribution in [2.45, 2.75) is 25.8 Å². The fraction of sp³-hybridized carbons (Fsp3) is 0.250. The molecule has 178 valence electrons. The van der Waals surface area contributed by atoms with Gasteiger partial charge in [0.05, 0.1) is 30.9 Å². The van der Waals surface area contributed by atoms with Crippen LogP contribution in [0.3, 0.4) is 0 Å². The van der Waals surface area contributed by atoms with Crippen LogP contribution in [-0.2, 0) is 13.5 Å². The van der Waals surface area contributed by atoms with Crippen LogP contribution in [0.25, 0.3) is 11.8 Å². The van der Waals surface area contributed by atoms with Crippen molar-refractivity contribution in [3.63, 3.8) is 0 Å². The molecule has 0 bridgehead atoms. The molecule has 1 unspecified atom stereocenters. The van der Waals surface area contributed by atoms with E-state index in [2.05, 4.69) is 40.8 Å². The van der Waals surface area contributed by atoms with Crippen LogP contribution in [0.15, 0.2) is 77.4 Å². The van der Waals surface area contributed by atoms with Crippen LogP contribution >= 0.6 is 0 Å². The summed E-state index contributed by atoms with van der Waals surface area (Å²) in [5.74, 6) is 0.706. The number of nitrogens with zero attached hydrogens (tertiary/aromatic N) is 5. The highest BCUT2D eigenvalue weighted by Crippen LogP contribution is 2.25. The second kappa shape index (κ2) is 9.25. The molecule has 0 saturated heterocycles. The summed E-state index contributed by atoms with van der Waals surface area (Å²) in [4.78, 5) is 22.6. The van der Waals surface area contributed by atoms with Crippen LogP contribution in [0, 0.1) is 6.92 Å². The van der Waals surface area contributed by atoms with Crippen LogP contribution < -0.4 is 21.3 Å². The normalized spacial score (nSPS) is 15.5. The van der Waals surface area contributed by atoms with Gasteiger partial charge in [0.2, 0.25) is 5.62 Å². The maximum atomic E-state index is 13.6. The third-order valence-electron chi connectivity index (χ3n) is 6.52. The number of methoxy groups -OCH3 is 1. The predicted octanol–water partition coefficient (Wildman–Crippen LogP) is 2.86. The molecule has 2 aromatic carbocycles. The topological polar surface area (TPSA) is 66.3 Å². The van der Waals surface area contributed by atoms with Gasteiger partial charge in [-0.3, -0.25) is 14.4 Å². The third kappa shape index (κ3) is 4.14. The van der Waals surface area contributed by atoms with E-state index in [9.17, 15) is 4.79 Å². The zero-order chi connectivity index (χ0) is 24.5. The van der Waals surface area contributed by atoms with Crippen molar-refractivity contribution in [2.24, 2.45) is 12.0 Å². The number of benzene rings is 2. The zero-order valence-corrected chi connectivity index (χ0v) is 20.3. The van der Waals surface area contributed by atoms with Gasteiger partial charge < -0.3 is 13.9 Å². The highest BCUT2D eigenvalue weighted by Gasteiger charge is 2.23. The number of allylic oxidation sites excluding steroid dienone is 1. The van der Waals surface area contributed by atoms with Gasteiger partial charge in [-0.25, -0.2) is 4.98 Å². The Balaban J connectivity index is 1.58. The Morgan fingerprint density at radius 2 is 2.00 bits per heavy atom. The molecule has 1 aliphatic heterocycles. The van der Waals surface area contributed by atoms with Gasteiger partial charge in [-0.2, -0.15) is 0 Å². The van der Waals surface area contributed by atoms with Crippen LogP contribution in [0.1, 0.15) is 34.8 Å². The van der Waals surface area contributed by atoms with Crippen molar-refractivity contribution in [1.29, 1.82) is 0 Å². The number of imidazole rings is 2. The molecule has 1 atom stereocenters. The standard InChI is InChI=1S/C28H29N5O2/c1-5-6-20-7-10-22(11-8-20)23-13-14-29-28-31(3)25(27(34)33(23)28)15-21-9-12-24(26(16-21)35-4)32-17-19(2)30-18-32/h5,7-12,15-18,23H,1,6,13-14H2,2-4H3/b25-15-. The van der Waals surface area contributed by atoms with E-state index in [0.717, 1.165) is 35.3 Å². The lowest BCUT2D eigenvalue weighted by Crippen LogP contribution is -2.38. The Hall–Kier alpha value is -4.13. The van der Waals surface area contributed by atoms with Crippen LogP contribution in [-0.4, -0.2) is 32.3 Å². The van der Waals surface area contributed by atoms with Crippen LogP contribution in [0.2, 0.25) is 0 Å². The van der Waals surface area contributed by atoms with E-state index in [1.807, 2.05) is 64.2 Å². The molecule has 1 aliphatic rings. The molecule has 5 rings (SSSR count). The summed E-state index contributed by atoms with van der Waals surface area (Å²) in [5, 5.41) is 0.590. The number of hydrogen-bond acceptors (Lipinski definition) is 4. The van der Waals surface area contributed by atoms with Gasteiger partial charge in [0.15, 0.2) is 0 Å². The third-order valence-corrected chi connectivity index (χ3v) is 6.52. The molecule has 0 aliphatic carbocycles. The molecule has 0 saturated carbocycles. The van der Waals surface area contributed by atoms with E-state index < -0.39 is 0 Å². The van der Waals surface area contributed by atoms with Crippen molar-refractivity contribution in [3.05, 3.63) is 111 Å². The first-order valence-corrected chi connectivity index (χ1v) is 11.7. The molecule has 7 nitrogen and oxygen atoms in total. The SMILES string of the molecule is C=CCc1ccc(C2CCN=c3n2c(=O)/c(=C/c2ccc(-n4cnc(C)c4)c(OC)c2)n3C)cc1. The van der Waals surface area contributed by atoms with Crippen LogP contribution in [0.4, 0.5) is 0 Å². The smallest absolute Gasteiger partial charge is 0.277 e. The van der Waals surface area contributed by atoms with E-state index in [4.69, 9.17) is 4.74 Å². The molecule has 0 N–H and O–H groups in total. The molecule has 0 spiro atoms. The van der Waals surface area contributed by atoms with Gasteiger partial charge in [-0.05, 0) is 54.7 Å². The van der Waals surface area contributed by atoms with Gasteiger partial charge in [0.1, 0.15) is 11.1 Å². The summed E-state index contributed by atoms with van der Waals surface area (Å²) in [5.41, 5.74) is 5.69. The summed E-state index contributed by atoms with van der Waals surface area (Å²) in [6.07, 6.45) is 9.14. The van der Waals surface area contributed by atoms with Crippen molar-refractivity contribution in [3.8, 4) is 11.4 Å². The lowest BCUT2D eigenvalue weighted by atomic mass is 10.0. The highest BCUT2D eigenvalue weighted by atomic mass is 16.5. The van der Waals surface area contributed by atoms with Gasteiger partial charge in [-0.1, -0.05) is 36.4 Å². The fourth-order valence-electron chi connectivity index (χ4n) is 4.73. The van der Waals surface area contributed by atoms with E-state index in [1.165, 1.54) is 5.56 Å². The Morgan fingerprint density at radius 3 is 2.69 bits per heavy atom. The maximum Gasteiger partial charge on any atom is 0.277 e. The Labute approximate surface area is 204 Å². The minimum Gasteiger partial charge on any atom is -0.495 e. The van der Waals surface area contributed by atoms with Crippen molar-refractivity contribution in [2.75, 3.05) is 13.7 Å². The number of rotatable bonds is 6. The summed E-state index contributed by atoms with van der Waals surface area (Å²) in [7, 11) is 3.55. The predicted molar refractivity (Wildman–Crippen MR) is 137 cm³/mol. The fourth-order valence-corrected chi connectivity index (χ4v) is 4.73. The number of aromatic nitrogens is 4. The highest BCUT2D eigenvalue weighted by molar-refractivity contribution is 5.58. The van der Waals surface area contributed by atoms with Crippen molar-refractivity contribution < 1.29 is 4.74 Å². The lowest BCUT2D eigenvalue weighted by Gasteiger charge is -2.21. The van der Waals surface area contributed by atoms with Gasteiger partial charge in [0.25, 0.3) is 5.56 Å². The van der Waals surface area contributed by atoms with Crippen molar-refractivity contribution >= 4 is 6.08 Å². The first kappa shape index (κ1) is 22.7. The molecule has 2 aromatic heterocycles. The number of hydrogen-bond donors (Lipinski definition) is 0. The average molecular weight is 468 g/mol. The van der Waals surface area contributed by atoms with E-state index >= 15 is 0 Å². The summed E-state index contributed by atoms with van der Waals surface area (Å²) in [6.45, 7) is 6.44. The molecule has 0 radical (unpaired) electrons. The first-order valence-electron chi connectivity index (χ1n) is 11.7. The summed E-state index contributed by atoms with van der Waals surface area (Å²) >= 11 is 0. The van der Waals surface area contributed by atoms with E-state index in [-0.39, 0.29) is 11.6 Å². The zero-order valence-electron chi connectivity index (χ0n) is 20.3. The molecule has 35 heavy (non-hydrogen) atoms. The quantitative estimate of drug-likeness (QED) is 0.410. The molecule has 7 heteroatoms. The second-order valence-electron chi connectivity index (χ2n) is 8.84. The van der Waals surface area contributed by atoms with Gasteiger partial charge in [0, 0.05) is 19.8 Å². The van der Waals surface area contributed by atoms with Gasteiger partial charge in [-0.15, -0.1) is 6.58 Å². The number of ether oxygens (including phenoxy) is 1. The number of aryl methyl sites for hydroxylation is 1. The number of fused-ring (bicyclic) bond motifs is 1. The molecule has 0 fully saturated rings. The van der Waals surface area contributed by atoms with Gasteiger partial charge >= 0.3 is 0 Å². The summed E-state index contributed by atoms with van der Waals surface area (Å²) < 4.78 is 11.3. The Kier molecular flexibility index (Phi) is 5.99. The maximum absolute atomic E-state index is 13.6. The monoisotopic (exact) mass is 467 g/mol. The largest absolute Gasteiger partial charge is 0.495 e. The van der Waals surface area contributed by atoms with E-state index in [0.29, 0.717) is 23.3 Å². The molecule has 0 amide bonds. The summed E-state index contributed by atoms with van der Waals surface area (Å²) in [6, 6.07) is 14.3. The minimum absolute atomic E-state index is 0.0393. The van der Waals surface area contributed by atoms with Crippen molar-refractivity contribution in [1.82, 2.24) is 18.7 Å². The Morgan fingerprint density at radius 1 is 1.20 bits per heavy atom. The average Bonchev–Trinajstić information content (AvgIpc) is 3.41. The molecule has 4 aromatic rings. The molecular formula is C28H29N5O2. The van der Waals surface area contributed by atoms with Crippen LogP contribution in [0.5, 0.6) is 5.75 Å². The minimum atomic E-state index is -0.0422. The lowest BCUT2D eigenvalue weighted by molar-refractivity contribution is 0.413. The van der Waals surface area contributed by atoms with E-state index in [1.54, 1.807) is 13.4 Å². The molecule has 3 heterocycles. The second-order valence-corrected chi connectivity index (χ2v) is 8.84. The first-order chi connectivity index (χ1) is 17.0. The molecular weight excluding hydrogens is 438 g/mol.